The molecule has 3 aliphatic heterocycles. The number of carbonyl (C=O) groups is 1. The Balaban J connectivity index is 1.35. The predicted molar refractivity (Wildman–Crippen MR) is 124 cm³/mol. The van der Waals surface area contributed by atoms with E-state index >= 15 is 0 Å². The van der Waals surface area contributed by atoms with E-state index in [-0.39, 0.29) is 17.0 Å². The predicted octanol–water partition coefficient (Wildman–Crippen LogP) is 1.48. The molecule has 1 fully saturated rings. The van der Waals surface area contributed by atoms with E-state index in [1.807, 2.05) is 18.2 Å². The second kappa shape index (κ2) is 9.14. The smallest absolute Gasteiger partial charge is 0.276 e. The number of carbonyl (C=O) groups excluding carboxylic acids is 1. The lowest BCUT2D eigenvalue weighted by Crippen LogP contribution is -2.37. The number of nitrogens with zero attached hydrogens (tertiary/aromatic N) is 4. The third-order valence-electron chi connectivity index (χ3n) is 5.45. The van der Waals surface area contributed by atoms with Crippen LogP contribution in [0.2, 0.25) is 0 Å². The standard InChI is InChI=1S/C22H22N6O4S/c29-22(25-19-6-3-7-21(24-19)27-10-12-32-13-11-27)17-14-23-20-9-8-16(26-28(17)20)15-4-1-2-5-18(15)33(30)31/h1-9,14,20,23H,10-13H2,(H,30,31)(H,24,25,29). The number of fused-ring (bicyclic) bond motifs is 1. The van der Waals surface area contributed by atoms with Crippen molar-refractivity contribution in [1.29, 1.82) is 0 Å². The summed E-state index contributed by atoms with van der Waals surface area (Å²) in [5, 5.41) is 12.1. The van der Waals surface area contributed by atoms with E-state index in [1.54, 1.807) is 47.6 Å². The Hall–Kier alpha value is -3.54. The van der Waals surface area contributed by atoms with E-state index in [2.05, 4.69) is 25.6 Å². The van der Waals surface area contributed by atoms with Crippen LogP contribution in [0.25, 0.3) is 0 Å². The molecular formula is C22H22N6O4S. The van der Waals surface area contributed by atoms with Crippen molar-refractivity contribution in [2.24, 2.45) is 5.10 Å². The van der Waals surface area contributed by atoms with Gasteiger partial charge < -0.3 is 24.8 Å². The minimum atomic E-state index is -2.16. The summed E-state index contributed by atoms with van der Waals surface area (Å²) in [6.07, 6.45) is 4.88. The van der Waals surface area contributed by atoms with Gasteiger partial charge in [0, 0.05) is 24.9 Å². The van der Waals surface area contributed by atoms with Crippen molar-refractivity contribution in [3.05, 3.63) is 72.1 Å². The number of nitrogens with one attached hydrogen (secondary N) is 2. The molecule has 170 valence electrons. The molecule has 0 spiro atoms. The van der Waals surface area contributed by atoms with Crippen molar-refractivity contribution in [3.63, 3.8) is 0 Å². The largest absolute Gasteiger partial charge is 0.378 e. The Bertz CT molecular complexity index is 1190. The van der Waals surface area contributed by atoms with Gasteiger partial charge in [0.1, 0.15) is 23.5 Å². The molecule has 10 nitrogen and oxygen atoms in total. The zero-order valence-electron chi connectivity index (χ0n) is 17.5. The highest BCUT2D eigenvalue weighted by molar-refractivity contribution is 7.79. The molecule has 3 N–H and O–H groups in total. The highest BCUT2D eigenvalue weighted by atomic mass is 32.2. The molecule has 0 aliphatic carbocycles. The van der Waals surface area contributed by atoms with Crippen LogP contribution in [0.1, 0.15) is 5.56 Å². The molecule has 2 atom stereocenters. The van der Waals surface area contributed by atoms with Crippen molar-refractivity contribution < 1.29 is 18.3 Å². The van der Waals surface area contributed by atoms with E-state index < -0.39 is 11.1 Å². The number of morpholine rings is 1. The van der Waals surface area contributed by atoms with Crippen LogP contribution < -0.4 is 15.5 Å². The molecule has 11 heteroatoms. The normalized spacial score (nSPS) is 20.5. The van der Waals surface area contributed by atoms with Crippen molar-refractivity contribution in [2.75, 3.05) is 36.5 Å². The number of benzene rings is 1. The maximum atomic E-state index is 13.1. The van der Waals surface area contributed by atoms with E-state index in [1.165, 1.54) is 0 Å². The highest BCUT2D eigenvalue weighted by Crippen LogP contribution is 2.25. The van der Waals surface area contributed by atoms with Crippen LogP contribution in [0, 0.1) is 0 Å². The molecule has 1 aromatic carbocycles. The first-order valence-electron chi connectivity index (χ1n) is 10.4. The van der Waals surface area contributed by atoms with Gasteiger partial charge in [0.25, 0.3) is 5.91 Å². The minimum Gasteiger partial charge on any atom is -0.378 e. The fourth-order valence-electron chi connectivity index (χ4n) is 3.82. The maximum Gasteiger partial charge on any atom is 0.276 e. The molecule has 2 aromatic rings. The Morgan fingerprint density at radius 1 is 1.18 bits per heavy atom. The quantitative estimate of drug-likeness (QED) is 0.567. The number of pyridine rings is 1. The summed E-state index contributed by atoms with van der Waals surface area (Å²) in [6, 6.07) is 12.3. The van der Waals surface area contributed by atoms with Gasteiger partial charge in [-0.2, -0.15) is 5.10 Å². The van der Waals surface area contributed by atoms with Gasteiger partial charge in [-0.25, -0.2) is 14.2 Å². The zero-order valence-corrected chi connectivity index (χ0v) is 18.4. The first kappa shape index (κ1) is 21.3. The Kier molecular flexibility index (Phi) is 5.90. The number of allylic oxidation sites excluding steroid dienone is 1. The summed E-state index contributed by atoms with van der Waals surface area (Å²) >= 11 is -2.16. The van der Waals surface area contributed by atoms with Crippen LogP contribution >= 0.6 is 0 Å². The van der Waals surface area contributed by atoms with Crippen molar-refractivity contribution in [3.8, 4) is 0 Å². The number of hydrazone groups is 1. The number of rotatable bonds is 5. The molecule has 0 bridgehead atoms. The van der Waals surface area contributed by atoms with Crippen LogP contribution in [0.15, 0.2) is 76.5 Å². The van der Waals surface area contributed by atoms with Crippen LogP contribution in [-0.4, -0.2) is 62.8 Å². The van der Waals surface area contributed by atoms with Crippen molar-refractivity contribution in [1.82, 2.24) is 15.3 Å². The first-order chi connectivity index (χ1) is 16.1. The topological polar surface area (TPSA) is 119 Å². The average Bonchev–Trinajstić information content (AvgIpc) is 3.28. The monoisotopic (exact) mass is 466 g/mol. The summed E-state index contributed by atoms with van der Waals surface area (Å²) < 4.78 is 26.7. The van der Waals surface area contributed by atoms with E-state index in [4.69, 9.17) is 4.74 Å². The number of hydrogen-bond acceptors (Lipinski definition) is 8. The van der Waals surface area contributed by atoms with Crippen LogP contribution in [-0.2, 0) is 20.6 Å². The molecule has 5 rings (SSSR count). The van der Waals surface area contributed by atoms with Gasteiger partial charge in [-0.1, -0.05) is 24.3 Å². The van der Waals surface area contributed by atoms with E-state index in [9.17, 15) is 13.6 Å². The number of hydrogen-bond donors (Lipinski definition) is 3. The molecule has 33 heavy (non-hydrogen) atoms. The third-order valence-corrected chi connectivity index (χ3v) is 6.18. The summed E-state index contributed by atoms with van der Waals surface area (Å²) in [5.41, 5.74) is 1.32. The van der Waals surface area contributed by atoms with Crippen molar-refractivity contribution in [2.45, 2.75) is 11.1 Å². The lowest BCUT2D eigenvalue weighted by molar-refractivity contribution is -0.114. The van der Waals surface area contributed by atoms with Gasteiger partial charge in [0.05, 0.1) is 23.8 Å². The van der Waals surface area contributed by atoms with E-state index in [0.29, 0.717) is 36.0 Å². The molecule has 0 radical (unpaired) electrons. The van der Waals surface area contributed by atoms with Gasteiger partial charge in [-0.3, -0.25) is 4.79 Å². The molecule has 3 aliphatic rings. The van der Waals surface area contributed by atoms with Crippen molar-refractivity contribution >= 4 is 34.3 Å². The Morgan fingerprint density at radius 3 is 2.82 bits per heavy atom. The third kappa shape index (κ3) is 4.38. The Labute approximate surface area is 192 Å². The second-order valence-corrected chi connectivity index (χ2v) is 8.45. The maximum absolute atomic E-state index is 13.1. The summed E-state index contributed by atoms with van der Waals surface area (Å²) in [4.78, 5) is 20.0. The zero-order chi connectivity index (χ0) is 22.8. The number of aromatic nitrogens is 1. The van der Waals surface area contributed by atoms with Crippen LogP contribution in [0.3, 0.4) is 0 Å². The average molecular weight is 467 g/mol. The minimum absolute atomic E-state index is 0.255. The fourth-order valence-corrected chi connectivity index (χ4v) is 4.38. The molecule has 2 unspecified atom stereocenters. The lowest BCUT2D eigenvalue weighted by atomic mass is 10.1. The number of amides is 1. The molecule has 1 aromatic heterocycles. The van der Waals surface area contributed by atoms with Gasteiger partial charge >= 0.3 is 0 Å². The summed E-state index contributed by atoms with van der Waals surface area (Å²) in [5.74, 6) is 0.850. The summed E-state index contributed by atoms with van der Waals surface area (Å²) in [7, 11) is 0. The summed E-state index contributed by atoms with van der Waals surface area (Å²) in [6.45, 7) is 2.79. The number of anilines is 2. The Morgan fingerprint density at radius 2 is 2.00 bits per heavy atom. The SMILES string of the molecule is O=C(Nc1cccc(N2CCOCC2)n1)C1=CNC2C=CC(c3ccccc3S(=O)O)=NN12. The second-order valence-electron chi connectivity index (χ2n) is 7.51. The molecule has 1 saturated heterocycles. The first-order valence-corrected chi connectivity index (χ1v) is 11.5. The van der Waals surface area contributed by atoms with Crippen LogP contribution in [0.4, 0.5) is 11.6 Å². The molecule has 1 amide bonds. The van der Waals surface area contributed by atoms with Gasteiger partial charge in [-0.15, -0.1) is 0 Å². The highest BCUT2D eigenvalue weighted by Gasteiger charge is 2.32. The van der Waals surface area contributed by atoms with E-state index in [0.717, 1.165) is 18.9 Å². The molecule has 4 heterocycles. The fraction of sp³-hybridized carbons (Fsp3) is 0.227. The van der Waals surface area contributed by atoms with Crippen LogP contribution in [0.5, 0.6) is 0 Å². The van der Waals surface area contributed by atoms with Gasteiger partial charge in [-0.05, 0) is 30.4 Å². The van der Waals surface area contributed by atoms with Gasteiger partial charge in [0.15, 0.2) is 11.1 Å². The molecular weight excluding hydrogens is 444 g/mol. The lowest BCUT2D eigenvalue weighted by Gasteiger charge is -2.28. The number of ether oxygens (including phenoxy) is 1. The molecule has 0 saturated carbocycles. The van der Waals surface area contributed by atoms with Gasteiger partial charge in [0.2, 0.25) is 0 Å².